The van der Waals surface area contributed by atoms with Crippen LogP contribution in [0.3, 0.4) is 0 Å². The molecule has 3 rings (SSSR count). The Kier molecular flexibility index (Phi) is 5.33. The van der Waals surface area contributed by atoms with Crippen LogP contribution >= 0.6 is 0 Å². The molecule has 1 heterocycles. The summed E-state index contributed by atoms with van der Waals surface area (Å²) in [7, 11) is 1.47. The molecule has 0 fully saturated rings. The fraction of sp³-hybridized carbons (Fsp3) is 0.409. The summed E-state index contributed by atoms with van der Waals surface area (Å²) in [6.45, 7) is 5.18. The molecule has 6 nitrogen and oxygen atoms in total. The maximum atomic E-state index is 15.0. The molecule has 1 aromatic rings. The van der Waals surface area contributed by atoms with Crippen molar-refractivity contribution in [3.05, 3.63) is 52.5 Å². The molecule has 0 aromatic heterocycles. The minimum Gasteiger partial charge on any atom is -0.497 e. The van der Waals surface area contributed by atoms with Crippen LogP contribution < -0.4 is 10.5 Å². The summed E-state index contributed by atoms with van der Waals surface area (Å²) < 4.78 is 20.2. The highest BCUT2D eigenvalue weighted by molar-refractivity contribution is 5.59. The number of hydrogen-bond donors (Lipinski definition) is 1. The molecule has 0 spiro atoms. The third-order valence-electron chi connectivity index (χ3n) is 5.96. The standard InChI is InChI=1S/C22H22FN5O/c1-13(2)28-7-6-15-17(9-24)21(27)22(11-25,12-26)20(18(15)10-28)16-8-14(29-3)4-5-19(16)23/h4-6,8,13,18,20H,7,10,27H2,1-3H3/t18-,20-/m0/s1. The molecule has 0 saturated carbocycles. The van der Waals surface area contributed by atoms with Crippen LogP contribution in [0, 0.1) is 51.1 Å². The summed E-state index contributed by atoms with van der Waals surface area (Å²) in [5.74, 6) is -1.44. The smallest absolute Gasteiger partial charge is 0.191 e. The number of methoxy groups -OCH3 is 1. The highest BCUT2D eigenvalue weighted by Crippen LogP contribution is 2.55. The van der Waals surface area contributed by atoms with E-state index in [2.05, 4.69) is 11.0 Å². The Bertz CT molecular complexity index is 1010. The second-order valence-corrected chi connectivity index (χ2v) is 7.61. The molecule has 0 unspecified atom stereocenters. The highest BCUT2D eigenvalue weighted by Gasteiger charge is 2.55. The summed E-state index contributed by atoms with van der Waals surface area (Å²) in [5, 5.41) is 29.9. The number of nitrogens with two attached hydrogens (primary N) is 1. The molecule has 0 saturated heterocycles. The average molecular weight is 391 g/mol. The Hall–Kier alpha value is -3.34. The number of nitrogens with zero attached hydrogens (tertiary/aromatic N) is 4. The fourth-order valence-electron chi connectivity index (χ4n) is 4.36. The van der Waals surface area contributed by atoms with E-state index in [9.17, 15) is 20.2 Å². The summed E-state index contributed by atoms with van der Waals surface area (Å²) in [5.41, 5.74) is 5.29. The molecule has 1 aliphatic carbocycles. The van der Waals surface area contributed by atoms with Gasteiger partial charge in [-0.1, -0.05) is 6.08 Å². The van der Waals surface area contributed by atoms with Gasteiger partial charge in [0.15, 0.2) is 5.41 Å². The number of ether oxygens (including phenoxy) is 1. The third kappa shape index (κ3) is 3.03. The van der Waals surface area contributed by atoms with Gasteiger partial charge >= 0.3 is 0 Å². The predicted molar refractivity (Wildman–Crippen MR) is 104 cm³/mol. The zero-order chi connectivity index (χ0) is 21.3. The van der Waals surface area contributed by atoms with Crippen molar-refractivity contribution in [2.24, 2.45) is 17.1 Å². The normalized spacial score (nSPS) is 23.4. The lowest BCUT2D eigenvalue weighted by Gasteiger charge is -2.46. The van der Waals surface area contributed by atoms with Crippen molar-refractivity contribution in [2.75, 3.05) is 20.2 Å². The summed E-state index contributed by atoms with van der Waals surface area (Å²) in [6, 6.07) is 10.6. The van der Waals surface area contributed by atoms with E-state index in [0.717, 1.165) is 0 Å². The van der Waals surface area contributed by atoms with Crippen LogP contribution in [0.15, 0.2) is 41.1 Å². The van der Waals surface area contributed by atoms with Crippen LogP contribution in [-0.2, 0) is 0 Å². The third-order valence-corrected chi connectivity index (χ3v) is 5.96. The van der Waals surface area contributed by atoms with E-state index < -0.39 is 23.1 Å². The van der Waals surface area contributed by atoms with Gasteiger partial charge in [-0.2, -0.15) is 15.8 Å². The van der Waals surface area contributed by atoms with Gasteiger partial charge < -0.3 is 10.5 Å². The van der Waals surface area contributed by atoms with Crippen LogP contribution in [0.5, 0.6) is 5.75 Å². The van der Waals surface area contributed by atoms with Crippen LogP contribution in [0.1, 0.15) is 25.3 Å². The first-order valence-electron chi connectivity index (χ1n) is 9.35. The first kappa shape index (κ1) is 20.4. The molecule has 29 heavy (non-hydrogen) atoms. The monoisotopic (exact) mass is 391 g/mol. The molecule has 0 bridgehead atoms. The second kappa shape index (κ2) is 7.59. The Morgan fingerprint density at radius 2 is 1.97 bits per heavy atom. The Morgan fingerprint density at radius 1 is 1.28 bits per heavy atom. The maximum Gasteiger partial charge on any atom is 0.191 e. The van der Waals surface area contributed by atoms with Crippen LogP contribution in [0.4, 0.5) is 4.39 Å². The molecule has 2 N–H and O–H groups in total. The van der Waals surface area contributed by atoms with E-state index in [4.69, 9.17) is 10.5 Å². The minimum absolute atomic E-state index is 0.113. The van der Waals surface area contributed by atoms with Gasteiger partial charge in [0.2, 0.25) is 0 Å². The molecule has 1 aliphatic heterocycles. The van der Waals surface area contributed by atoms with Crippen molar-refractivity contribution in [1.82, 2.24) is 4.90 Å². The lowest BCUT2D eigenvalue weighted by Crippen LogP contribution is -2.49. The lowest BCUT2D eigenvalue weighted by molar-refractivity contribution is 0.172. The van der Waals surface area contributed by atoms with E-state index in [1.807, 2.05) is 32.1 Å². The van der Waals surface area contributed by atoms with Crippen LogP contribution in [0.25, 0.3) is 0 Å². The average Bonchev–Trinajstić information content (AvgIpc) is 2.73. The number of fused-ring (bicyclic) bond motifs is 1. The van der Waals surface area contributed by atoms with Crippen molar-refractivity contribution in [3.63, 3.8) is 0 Å². The van der Waals surface area contributed by atoms with Gasteiger partial charge in [0.25, 0.3) is 0 Å². The minimum atomic E-state index is -1.86. The Labute approximate surface area is 169 Å². The Balaban J connectivity index is 2.35. The topological polar surface area (TPSA) is 110 Å². The summed E-state index contributed by atoms with van der Waals surface area (Å²) >= 11 is 0. The van der Waals surface area contributed by atoms with Gasteiger partial charge in [0, 0.05) is 31.0 Å². The van der Waals surface area contributed by atoms with E-state index in [-0.39, 0.29) is 22.9 Å². The molecule has 2 atom stereocenters. The van der Waals surface area contributed by atoms with Gasteiger partial charge in [0.1, 0.15) is 17.6 Å². The highest BCUT2D eigenvalue weighted by atomic mass is 19.1. The molecule has 148 valence electrons. The van der Waals surface area contributed by atoms with E-state index in [1.54, 1.807) is 0 Å². The first-order valence-corrected chi connectivity index (χ1v) is 9.35. The van der Waals surface area contributed by atoms with Gasteiger partial charge in [0.05, 0.1) is 30.5 Å². The zero-order valence-corrected chi connectivity index (χ0v) is 16.6. The van der Waals surface area contributed by atoms with Gasteiger partial charge in [-0.05, 0) is 43.2 Å². The van der Waals surface area contributed by atoms with Crippen molar-refractivity contribution in [2.45, 2.75) is 25.8 Å². The van der Waals surface area contributed by atoms with Crippen molar-refractivity contribution in [3.8, 4) is 24.0 Å². The summed E-state index contributed by atoms with van der Waals surface area (Å²) in [6.07, 6.45) is 1.91. The molecule has 1 aromatic carbocycles. The molecule has 0 radical (unpaired) electrons. The van der Waals surface area contributed by atoms with Crippen LogP contribution in [-0.4, -0.2) is 31.1 Å². The van der Waals surface area contributed by atoms with E-state index in [0.29, 0.717) is 24.4 Å². The lowest BCUT2D eigenvalue weighted by atomic mass is 9.58. The molecule has 0 amide bonds. The number of nitriles is 3. The van der Waals surface area contributed by atoms with Gasteiger partial charge in [-0.3, -0.25) is 4.90 Å². The van der Waals surface area contributed by atoms with Crippen molar-refractivity contribution < 1.29 is 9.13 Å². The van der Waals surface area contributed by atoms with E-state index in [1.165, 1.54) is 25.3 Å². The van der Waals surface area contributed by atoms with Gasteiger partial charge in [-0.25, -0.2) is 4.39 Å². The molecular weight excluding hydrogens is 369 g/mol. The van der Waals surface area contributed by atoms with Crippen molar-refractivity contribution >= 4 is 0 Å². The quantitative estimate of drug-likeness (QED) is 0.848. The predicted octanol–water partition coefficient (Wildman–Crippen LogP) is 2.97. The number of halogens is 1. The maximum absolute atomic E-state index is 15.0. The SMILES string of the molecule is COc1ccc(F)c([C@H]2[C@H]3CN(C(C)C)CC=C3C(C#N)=C(N)C2(C#N)C#N)c1. The number of rotatable bonds is 3. The zero-order valence-electron chi connectivity index (χ0n) is 16.6. The second-order valence-electron chi connectivity index (χ2n) is 7.61. The fourth-order valence-corrected chi connectivity index (χ4v) is 4.36. The van der Waals surface area contributed by atoms with Crippen LogP contribution in [0.2, 0.25) is 0 Å². The van der Waals surface area contributed by atoms with E-state index >= 15 is 0 Å². The Morgan fingerprint density at radius 3 is 2.52 bits per heavy atom. The molecule has 2 aliphatic rings. The molecular formula is C22H22FN5O. The van der Waals surface area contributed by atoms with Gasteiger partial charge in [-0.15, -0.1) is 0 Å². The largest absolute Gasteiger partial charge is 0.497 e. The number of benzene rings is 1. The molecule has 7 heteroatoms. The summed E-state index contributed by atoms with van der Waals surface area (Å²) in [4.78, 5) is 2.16. The van der Waals surface area contributed by atoms with Crippen molar-refractivity contribution in [1.29, 1.82) is 15.8 Å². The first-order chi connectivity index (χ1) is 13.8. The number of allylic oxidation sites excluding steroid dienone is 2. The number of hydrogen-bond acceptors (Lipinski definition) is 6.